The molecule has 1 saturated heterocycles. The van der Waals surface area contributed by atoms with Crippen LogP contribution in [-0.2, 0) is 21.5 Å². The number of aromatic nitrogens is 3. The molecule has 0 spiro atoms. The molecule has 0 radical (unpaired) electrons. The molecule has 1 aliphatic rings. The van der Waals surface area contributed by atoms with E-state index < -0.39 is 16.7 Å². The van der Waals surface area contributed by atoms with E-state index in [1.54, 1.807) is 18.7 Å². The summed E-state index contributed by atoms with van der Waals surface area (Å²) in [7, 11) is 0. The number of hydrogen-bond donors (Lipinski definition) is 0. The summed E-state index contributed by atoms with van der Waals surface area (Å²) in [6, 6.07) is 5.68. The molecule has 1 aromatic heterocycles. The minimum Gasteiger partial charge on any atom is -0.611 e. The van der Waals surface area contributed by atoms with Gasteiger partial charge in [0.25, 0.3) is 0 Å². The highest BCUT2D eigenvalue weighted by atomic mass is 32.2. The van der Waals surface area contributed by atoms with Gasteiger partial charge in [0.05, 0.1) is 6.54 Å². The first-order chi connectivity index (χ1) is 11.4. The molecule has 128 valence electrons. The van der Waals surface area contributed by atoms with Gasteiger partial charge in [-0.3, -0.25) is 4.79 Å². The van der Waals surface area contributed by atoms with Crippen molar-refractivity contribution in [2.24, 2.45) is 0 Å². The Labute approximate surface area is 142 Å². The maximum atomic E-state index is 13.0. The lowest BCUT2D eigenvalue weighted by Crippen LogP contribution is -2.46. The molecule has 2 aromatic rings. The molecule has 24 heavy (non-hydrogen) atoms. The minimum atomic E-state index is -1.26. The molecule has 1 aromatic carbocycles. The van der Waals surface area contributed by atoms with Crippen molar-refractivity contribution in [3.63, 3.8) is 0 Å². The zero-order chi connectivity index (χ0) is 17.3. The number of benzene rings is 1. The van der Waals surface area contributed by atoms with Crippen LogP contribution in [0.2, 0.25) is 0 Å². The lowest BCUT2D eigenvalue weighted by molar-refractivity contribution is -0.138. The second-order valence-electron chi connectivity index (χ2n) is 6.31. The molecule has 3 rings (SSSR count). The normalized spacial score (nSPS) is 19.5. The van der Waals surface area contributed by atoms with Crippen molar-refractivity contribution in [3.8, 4) is 0 Å². The number of rotatable bonds is 4. The van der Waals surface area contributed by atoms with E-state index in [1.165, 1.54) is 41.6 Å². The van der Waals surface area contributed by atoms with Crippen LogP contribution < -0.4 is 0 Å². The van der Waals surface area contributed by atoms with Crippen molar-refractivity contribution in [1.82, 2.24) is 19.7 Å². The molecule has 2 heterocycles. The molecule has 0 saturated carbocycles. The second kappa shape index (κ2) is 6.52. The molecule has 8 heteroatoms. The van der Waals surface area contributed by atoms with Crippen molar-refractivity contribution >= 4 is 17.1 Å². The van der Waals surface area contributed by atoms with Gasteiger partial charge in [-0.2, -0.15) is 5.10 Å². The highest BCUT2D eigenvalue weighted by Gasteiger charge is 2.41. The van der Waals surface area contributed by atoms with E-state index in [2.05, 4.69) is 10.1 Å². The summed E-state index contributed by atoms with van der Waals surface area (Å²) in [5.41, 5.74) is -0.844. The molecular weight excluding hydrogens is 331 g/mol. The Morgan fingerprint density at radius 3 is 2.71 bits per heavy atom. The van der Waals surface area contributed by atoms with E-state index in [-0.39, 0.29) is 17.0 Å². The molecule has 6 nitrogen and oxygen atoms in total. The van der Waals surface area contributed by atoms with E-state index in [0.717, 1.165) is 0 Å². The fraction of sp³-hybridized carbons (Fsp3) is 0.438. The van der Waals surface area contributed by atoms with Crippen LogP contribution in [0.25, 0.3) is 0 Å². The summed E-state index contributed by atoms with van der Waals surface area (Å²) in [5.74, 6) is -0.430. The van der Waals surface area contributed by atoms with Gasteiger partial charge < -0.3 is 9.45 Å². The summed E-state index contributed by atoms with van der Waals surface area (Å²) in [6.07, 6.45) is 3.57. The standard InChI is InChI=1S/C16H19FN4O2S/c1-16(2,21-11-18-10-19-21)15(22)20-8-7-14(9-20)24(23)13-5-3-12(17)4-6-13/h3-6,10-11,14H,7-9H2,1-2H3. The van der Waals surface area contributed by atoms with Crippen molar-refractivity contribution in [2.45, 2.75) is 36.0 Å². The van der Waals surface area contributed by atoms with Gasteiger partial charge >= 0.3 is 0 Å². The third kappa shape index (κ3) is 3.16. The Morgan fingerprint density at radius 2 is 2.08 bits per heavy atom. The van der Waals surface area contributed by atoms with Gasteiger partial charge in [-0.05, 0) is 49.3 Å². The van der Waals surface area contributed by atoms with E-state index in [0.29, 0.717) is 24.4 Å². The molecule has 1 aliphatic heterocycles. The smallest absolute Gasteiger partial charge is 0.250 e. The van der Waals surface area contributed by atoms with Crippen LogP contribution in [0.5, 0.6) is 0 Å². The van der Waals surface area contributed by atoms with Crippen LogP contribution in [0.1, 0.15) is 20.3 Å². The van der Waals surface area contributed by atoms with E-state index in [9.17, 15) is 13.7 Å². The third-order valence-corrected chi connectivity index (χ3v) is 6.02. The van der Waals surface area contributed by atoms with Gasteiger partial charge in [0.15, 0.2) is 4.90 Å². The van der Waals surface area contributed by atoms with E-state index in [1.807, 2.05) is 0 Å². The average molecular weight is 350 g/mol. The zero-order valence-electron chi connectivity index (χ0n) is 13.6. The Balaban J connectivity index is 1.68. The lowest BCUT2D eigenvalue weighted by Gasteiger charge is -2.29. The number of halogens is 1. The monoisotopic (exact) mass is 350 g/mol. The third-order valence-electron chi connectivity index (χ3n) is 4.30. The summed E-state index contributed by atoms with van der Waals surface area (Å²) >= 11 is -1.26. The Bertz CT molecular complexity index is 705. The topological polar surface area (TPSA) is 74.1 Å². The first-order valence-corrected chi connectivity index (χ1v) is 8.91. The Kier molecular flexibility index (Phi) is 4.60. The summed E-state index contributed by atoms with van der Waals surface area (Å²) in [5, 5.41) is 3.91. The predicted octanol–water partition coefficient (Wildman–Crippen LogP) is 1.56. The molecule has 0 bridgehead atoms. The number of amides is 1. The predicted molar refractivity (Wildman–Crippen MR) is 87.1 cm³/mol. The number of hydrogen-bond acceptors (Lipinski definition) is 4. The van der Waals surface area contributed by atoms with Crippen LogP contribution in [0.15, 0.2) is 41.8 Å². The van der Waals surface area contributed by atoms with Crippen molar-refractivity contribution in [3.05, 3.63) is 42.7 Å². The molecular formula is C16H19FN4O2S. The molecule has 1 fully saturated rings. The number of carbonyl (C=O) groups is 1. The molecule has 0 N–H and O–H groups in total. The first-order valence-electron chi connectivity index (χ1n) is 7.70. The first kappa shape index (κ1) is 16.9. The fourth-order valence-electron chi connectivity index (χ4n) is 2.83. The molecule has 2 atom stereocenters. The minimum absolute atomic E-state index is 0.0772. The lowest BCUT2D eigenvalue weighted by atomic mass is 10.0. The maximum Gasteiger partial charge on any atom is 0.250 e. The number of carbonyl (C=O) groups excluding carboxylic acids is 1. The van der Waals surface area contributed by atoms with Gasteiger partial charge in [0.1, 0.15) is 29.3 Å². The molecule has 0 aliphatic carbocycles. The van der Waals surface area contributed by atoms with Crippen molar-refractivity contribution in [1.29, 1.82) is 0 Å². The fourth-order valence-corrected chi connectivity index (χ4v) is 4.25. The van der Waals surface area contributed by atoms with Gasteiger partial charge in [-0.1, -0.05) is 0 Å². The number of likely N-dealkylation sites (tertiary alicyclic amines) is 1. The summed E-state index contributed by atoms with van der Waals surface area (Å²) in [4.78, 5) is 19.0. The average Bonchev–Trinajstić information content (AvgIpc) is 3.26. The van der Waals surface area contributed by atoms with Crippen LogP contribution in [-0.4, -0.2) is 48.5 Å². The quantitative estimate of drug-likeness (QED) is 0.785. The zero-order valence-corrected chi connectivity index (χ0v) is 14.4. The highest BCUT2D eigenvalue weighted by molar-refractivity contribution is 7.92. The van der Waals surface area contributed by atoms with E-state index >= 15 is 0 Å². The molecule has 1 amide bonds. The van der Waals surface area contributed by atoms with Gasteiger partial charge in [0.2, 0.25) is 5.91 Å². The van der Waals surface area contributed by atoms with Crippen LogP contribution in [0.4, 0.5) is 4.39 Å². The van der Waals surface area contributed by atoms with Crippen LogP contribution in [0.3, 0.4) is 0 Å². The highest BCUT2D eigenvalue weighted by Crippen LogP contribution is 2.27. The van der Waals surface area contributed by atoms with Crippen molar-refractivity contribution < 1.29 is 13.7 Å². The van der Waals surface area contributed by atoms with E-state index in [4.69, 9.17) is 0 Å². The second-order valence-corrected chi connectivity index (χ2v) is 8.05. The van der Waals surface area contributed by atoms with Crippen LogP contribution >= 0.6 is 0 Å². The number of nitrogens with zero attached hydrogens (tertiary/aromatic N) is 4. The maximum absolute atomic E-state index is 13.0. The van der Waals surface area contributed by atoms with Gasteiger partial charge in [-0.25, -0.2) is 14.1 Å². The SMILES string of the molecule is CC(C)(C(=O)N1CCC([S+]([O-])c2ccc(F)cc2)C1)n1cncn1. The van der Waals surface area contributed by atoms with Gasteiger partial charge in [0, 0.05) is 13.0 Å². The summed E-state index contributed by atoms with van der Waals surface area (Å²) < 4.78 is 27.2. The largest absolute Gasteiger partial charge is 0.611 e. The Morgan fingerprint density at radius 1 is 1.38 bits per heavy atom. The van der Waals surface area contributed by atoms with Crippen LogP contribution in [0, 0.1) is 5.82 Å². The Hall–Kier alpha value is -1.93. The molecule has 2 unspecified atom stereocenters. The van der Waals surface area contributed by atoms with Gasteiger partial charge in [-0.15, -0.1) is 0 Å². The summed E-state index contributed by atoms with van der Waals surface area (Å²) in [6.45, 7) is 4.54. The van der Waals surface area contributed by atoms with Crippen molar-refractivity contribution in [2.75, 3.05) is 13.1 Å².